The van der Waals surface area contributed by atoms with Gasteiger partial charge in [0.2, 0.25) is 11.8 Å². The third kappa shape index (κ3) is 2.45. The van der Waals surface area contributed by atoms with E-state index in [0.717, 1.165) is 5.69 Å². The molecule has 2 rings (SSSR count). The highest BCUT2D eigenvalue weighted by Gasteiger charge is 2.11. The largest absolute Gasteiger partial charge is 0.419 e. The highest BCUT2D eigenvalue weighted by molar-refractivity contribution is 6.36. The molecule has 0 aliphatic heterocycles. The molecule has 0 saturated carbocycles. The Labute approximate surface area is 108 Å². The van der Waals surface area contributed by atoms with Gasteiger partial charge >= 0.3 is 0 Å². The Morgan fingerprint density at radius 3 is 2.59 bits per heavy atom. The Bertz CT molecular complexity index is 568. The number of nitrogens with zero attached hydrogens (tertiary/aromatic N) is 3. The third-order valence-electron chi connectivity index (χ3n) is 2.08. The highest BCUT2D eigenvalue weighted by Crippen LogP contribution is 2.32. The number of nitrogen functional groups attached to an aromatic ring is 1. The lowest BCUT2D eigenvalue weighted by molar-refractivity contribution is 0.416. The Morgan fingerprint density at radius 1 is 1.29 bits per heavy atom. The van der Waals surface area contributed by atoms with Crippen molar-refractivity contribution >= 4 is 29.0 Å². The van der Waals surface area contributed by atoms with Gasteiger partial charge in [0.05, 0.1) is 10.7 Å². The second-order valence-electron chi connectivity index (χ2n) is 3.49. The van der Waals surface area contributed by atoms with E-state index < -0.39 is 0 Å². The summed E-state index contributed by atoms with van der Waals surface area (Å²) in [5, 5.41) is 4.73. The maximum atomic E-state index is 5.95. The van der Waals surface area contributed by atoms with Crippen LogP contribution in [-0.2, 0) is 7.05 Å². The lowest BCUT2D eigenvalue weighted by atomic mass is 10.4. The van der Waals surface area contributed by atoms with Crippen molar-refractivity contribution in [2.24, 2.45) is 7.05 Å². The van der Waals surface area contributed by atoms with E-state index in [9.17, 15) is 0 Å². The summed E-state index contributed by atoms with van der Waals surface area (Å²) in [4.78, 5) is 3.97. The summed E-state index contributed by atoms with van der Waals surface area (Å²) in [6, 6.07) is 3.26. The molecule has 2 aromatic heterocycles. The van der Waals surface area contributed by atoms with Gasteiger partial charge in [0.1, 0.15) is 10.8 Å². The van der Waals surface area contributed by atoms with Crippen LogP contribution in [0.1, 0.15) is 5.69 Å². The van der Waals surface area contributed by atoms with E-state index in [0.29, 0.717) is 15.9 Å². The molecule has 2 aromatic rings. The Morgan fingerprint density at radius 2 is 2.00 bits per heavy atom. The zero-order valence-corrected chi connectivity index (χ0v) is 10.7. The molecule has 0 spiro atoms. The number of rotatable bonds is 2. The van der Waals surface area contributed by atoms with Gasteiger partial charge in [-0.15, -0.1) is 0 Å². The fourth-order valence-electron chi connectivity index (χ4n) is 1.32. The lowest BCUT2D eigenvalue weighted by Crippen LogP contribution is -1.99. The van der Waals surface area contributed by atoms with E-state index in [1.807, 2.05) is 6.92 Å². The zero-order valence-electron chi connectivity index (χ0n) is 9.24. The highest BCUT2D eigenvalue weighted by atomic mass is 35.5. The van der Waals surface area contributed by atoms with Crippen LogP contribution in [0.15, 0.2) is 12.1 Å². The van der Waals surface area contributed by atoms with E-state index in [2.05, 4.69) is 10.1 Å². The summed E-state index contributed by atoms with van der Waals surface area (Å²) >= 11 is 11.7. The Kier molecular flexibility index (Phi) is 3.13. The van der Waals surface area contributed by atoms with Crippen LogP contribution in [0.3, 0.4) is 0 Å². The van der Waals surface area contributed by atoms with Crippen molar-refractivity contribution in [3.05, 3.63) is 27.9 Å². The smallest absolute Gasteiger partial charge is 0.242 e. The first-order valence-electron chi connectivity index (χ1n) is 4.77. The number of aromatic nitrogens is 3. The summed E-state index contributed by atoms with van der Waals surface area (Å²) < 4.78 is 7.10. The Hall–Kier alpha value is -1.46. The van der Waals surface area contributed by atoms with Crippen molar-refractivity contribution in [2.45, 2.75) is 6.92 Å². The van der Waals surface area contributed by atoms with Crippen LogP contribution in [0, 0.1) is 6.92 Å². The first-order chi connectivity index (χ1) is 7.97. The molecular weight excluding hydrogens is 263 g/mol. The number of hydrogen-bond acceptors (Lipinski definition) is 4. The molecule has 17 heavy (non-hydrogen) atoms. The van der Waals surface area contributed by atoms with E-state index in [4.69, 9.17) is 33.7 Å². The standard InChI is InChI=1S/C10H10Cl2N4O/c1-5-3-8(16(2)15-5)17-10-7(12)4-6(11)9(13)14-10/h3-4H,1-2H3,(H2,13,14). The van der Waals surface area contributed by atoms with Gasteiger partial charge in [-0.05, 0) is 13.0 Å². The van der Waals surface area contributed by atoms with Crippen molar-refractivity contribution < 1.29 is 4.74 Å². The van der Waals surface area contributed by atoms with Crippen molar-refractivity contribution in [3.8, 4) is 11.8 Å². The van der Waals surface area contributed by atoms with Crippen LogP contribution in [0.25, 0.3) is 0 Å². The average molecular weight is 273 g/mol. The molecule has 2 heterocycles. The molecule has 0 bridgehead atoms. The summed E-state index contributed by atoms with van der Waals surface area (Å²) in [6.07, 6.45) is 0. The first kappa shape index (κ1) is 12.0. The van der Waals surface area contributed by atoms with Gasteiger partial charge in [-0.3, -0.25) is 0 Å². The van der Waals surface area contributed by atoms with Crippen molar-refractivity contribution in [1.82, 2.24) is 14.8 Å². The fraction of sp³-hybridized carbons (Fsp3) is 0.200. The summed E-state index contributed by atoms with van der Waals surface area (Å²) in [5.41, 5.74) is 6.42. The number of ether oxygens (including phenoxy) is 1. The topological polar surface area (TPSA) is 66.0 Å². The van der Waals surface area contributed by atoms with Gasteiger partial charge in [0.15, 0.2) is 0 Å². The fourth-order valence-corrected chi connectivity index (χ4v) is 1.71. The van der Waals surface area contributed by atoms with Gasteiger partial charge < -0.3 is 10.5 Å². The number of anilines is 1. The molecule has 0 aliphatic carbocycles. The molecule has 7 heteroatoms. The molecule has 2 N–H and O–H groups in total. The lowest BCUT2D eigenvalue weighted by Gasteiger charge is -2.07. The Balaban J connectivity index is 2.36. The van der Waals surface area contributed by atoms with E-state index in [1.54, 1.807) is 17.8 Å². The molecule has 0 radical (unpaired) electrons. The molecular formula is C10H10Cl2N4O. The number of pyridine rings is 1. The van der Waals surface area contributed by atoms with Gasteiger partial charge in [0, 0.05) is 13.1 Å². The van der Waals surface area contributed by atoms with Crippen LogP contribution in [0.2, 0.25) is 10.0 Å². The predicted octanol–water partition coefficient (Wildman–Crippen LogP) is 2.80. The predicted molar refractivity (Wildman–Crippen MR) is 66.7 cm³/mol. The second-order valence-corrected chi connectivity index (χ2v) is 4.31. The van der Waals surface area contributed by atoms with Crippen LogP contribution < -0.4 is 10.5 Å². The molecule has 90 valence electrons. The maximum Gasteiger partial charge on any atom is 0.242 e. The second kappa shape index (κ2) is 4.43. The number of aryl methyl sites for hydroxylation is 2. The summed E-state index contributed by atoms with van der Waals surface area (Å²) in [5.74, 6) is 0.903. The number of hydrogen-bond donors (Lipinski definition) is 1. The van der Waals surface area contributed by atoms with E-state index >= 15 is 0 Å². The van der Waals surface area contributed by atoms with Crippen molar-refractivity contribution in [2.75, 3.05) is 5.73 Å². The van der Waals surface area contributed by atoms with Crippen molar-refractivity contribution in [3.63, 3.8) is 0 Å². The molecule has 0 saturated heterocycles. The van der Waals surface area contributed by atoms with Crippen LogP contribution in [0.5, 0.6) is 11.8 Å². The van der Waals surface area contributed by atoms with Gasteiger partial charge in [-0.1, -0.05) is 23.2 Å². The zero-order chi connectivity index (χ0) is 12.6. The van der Waals surface area contributed by atoms with E-state index in [-0.39, 0.29) is 11.7 Å². The van der Waals surface area contributed by atoms with Crippen molar-refractivity contribution in [1.29, 1.82) is 0 Å². The van der Waals surface area contributed by atoms with Gasteiger partial charge in [-0.2, -0.15) is 10.1 Å². The molecule has 0 fully saturated rings. The monoisotopic (exact) mass is 272 g/mol. The first-order valence-corrected chi connectivity index (χ1v) is 5.53. The van der Waals surface area contributed by atoms with Gasteiger partial charge in [-0.25, -0.2) is 4.68 Å². The van der Waals surface area contributed by atoms with Gasteiger partial charge in [0.25, 0.3) is 0 Å². The molecule has 0 atom stereocenters. The van der Waals surface area contributed by atoms with Crippen LogP contribution >= 0.6 is 23.2 Å². The molecule has 0 unspecified atom stereocenters. The molecule has 5 nitrogen and oxygen atoms in total. The SMILES string of the molecule is Cc1cc(Oc2nc(N)c(Cl)cc2Cl)n(C)n1. The summed E-state index contributed by atoms with van der Waals surface area (Å²) in [6.45, 7) is 1.86. The minimum Gasteiger partial charge on any atom is -0.419 e. The molecule has 0 aromatic carbocycles. The van der Waals surface area contributed by atoms with E-state index in [1.165, 1.54) is 6.07 Å². The maximum absolute atomic E-state index is 5.95. The minimum atomic E-state index is 0.171. The third-order valence-corrected chi connectivity index (χ3v) is 2.66. The minimum absolute atomic E-state index is 0.171. The summed E-state index contributed by atoms with van der Waals surface area (Å²) in [7, 11) is 1.76. The van der Waals surface area contributed by atoms with Crippen LogP contribution in [-0.4, -0.2) is 14.8 Å². The quantitative estimate of drug-likeness (QED) is 0.913. The molecule has 0 aliphatic rings. The van der Waals surface area contributed by atoms with Crippen LogP contribution in [0.4, 0.5) is 5.82 Å². The molecule has 0 amide bonds. The average Bonchev–Trinajstić information content (AvgIpc) is 2.54. The normalized spacial score (nSPS) is 10.6. The number of halogens is 2. The number of nitrogens with two attached hydrogens (primary N) is 1.